The summed E-state index contributed by atoms with van der Waals surface area (Å²) in [7, 11) is 0. The summed E-state index contributed by atoms with van der Waals surface area (Å²) in [5, 5.41) is 11.3. The van der Waals surface area contributed by atoms with E-state index >= 15 is 0 Å². The van der Waals surface area contributed by atoms with Crippen LogP contribution in [0, 0.1) is 11.8 Å². The summed E-state index contributed by atoms with van der Waals surface area (Å²) in [6.45, 7) is 4.17. The van der Waals surface area contributed by atoms with Gasteiger partial charge in [0.15, 0.2) is 11.5 Å². The van der Waals surface area contributed by atoms with Gasteiger partial charge in [-0.3, -0.25) is 9.69 Å². The second kappa shape index (κ2) is 7.51. The maximum Gasteiger partial charge on any atom is 0.276 e. The van der Waals surface area contributed by atoms with Gasteiger partial charge in [0.05, 0.1) is 0 Å². The number of hydrogen-bond acceptors (Lipinski definition) is 5. The Hall–Kier alpha value is -2.47. The highest BCUT2D eigenvalue weighted by Gasteiger charge is 2.42. The van der Waals surface area contributed by atoms with Crippen molar-refractivity contribution in [1.29, 1.82) is 0 Å². The first-order valence-electron chi connectivity index (χ1n) is 10.5. The predicted octanol–water partition coefficient (Wildman–Crippen LogP) is 3.04. The van der Waals surface area contributed by atoms with Crippen molar-refractivity contribution < 1.29 is 4.79 Å². The van der Waals surface area contributed by atoms with Crippen LogP contribution >= 0.6 is 0 Å². The van der Waals surface area contributed by atoms with E-state index in [1.54, 1.807) is 6.07 Å². The first kappa shape index (κ1) is 17.6. The van der Waals surface area contributed by atoms with E-state index in [9.17, 15) is 4.79 Å². The van der Waals surface area contributed by atoms with Crippen LogP contribution in [0.1, 0.15) is 36.2 Å². The van der Waals surface area contributed by atoms with Crippen LogP contribution in [0.3, 0.4) is 0 Å². The van der Waals surface area contributed by atoms with Crippen LogP contribution in [0.2, 0.25) is 0 Å². The van der Waals surface area contributed by atoms with Gasteiger partial charge in [-0.25, -0.2) is 0 Å². The van der Waals surface area contributed by atoms with E-state index in [4.69, 9.17) is 0 Å². The molecule has 3 atom stereocenters. The van der Waals surface area contributed by atoms with Gasteiger partial charge >= 0.3 is 0 Å². The van der Waals surface area contributed by atoms with Gasteiger partial charge in [0.2, 0.25) is 0 Å². The average Bonchev–Trinajstić information content (AvgIpc) is 3.39. The molecule has 2 bridgehead atoms. The minimum absolute atomic E-state index is 0.230. The first-order valence-corrected chi connectivity index (χ1v) is 10.5. The molecule has 1 saturated heterocycles. The van der Waals surface area contributed by atoms with Crippen molar-refractivity contribution in [2.75, 3.05) is 36.4 Å². The number of amides is 1. The molecule has 2 saturated carbocycles. The van der Waals surface area contributed by atoms with Crippen molar-refractivity contribution >= 4 is 17.4 Å². The van der Waals surface area contributed by atoms with E-state index in [0.717, 1.165) is 55.6 Å². The molecule has 0 radical (unpaired) electrons. The van der Waals surface area contributed by atoms with Crippen molar-refractivity contribution in [2.45, 2.75) is 31.7 Å². The van der Waals surface area contributed by atoms with Crippen molar-refractivity contribution in [1.82, 2.24) is 15.1 Å². The van der Waals surface area contributed by atoms with E-state index in [1.807, 2.05) is 36.4 Å². The van der Waals surface area contributed by atoms with Crippen molar-refractivity contribution in [3.05, 3.63) is 48.2 Å². The molecule has 2 aromatic rings. The van der Waals surface area contributed by atoms with Crippen molar-refractivity contribution in [3.8, 4) is 0 Å². The molecule has 1 amide bonds. The molecule has 5 rings (SSSR count). The third-order valence-corrected chi connectivity index (χ3v) is 6.72. The Morgan fingerprint density at radius 1 is 0.929 bits per heavy atom. The monoisotopic (exact) mass is 377 g/mol. The zero-order valence-electron chi connectivity index (χ0n) is 16.1. The predicted molar refractivity (Wildman–Crippen MR) is 109 cm³/mol. The molecular weight excluding hydrogens is 350 g/mol. The fraction of sp³-hybridized carbons (Fsp3) is 0.500. The van der Waals surface area contributed by atoms with Gasteiger partial charge in [-0.15, -0.1) is 10.2 Å². The largest absolute Gasteiger partial charge is 0.353 e. The molecule has 6 heteroatoms. The van der Waals surface area contributed by atoms with Crippen LogP contribution in [0.4, 0.5) is 11.5 Å². The summed E-state index contributed by atoms with van der Waals surface area (Å²) >= 11 is 0. The Morgan fingerprint density at radius 3 is 2.39 bits per heavy atom. The summed E-state index contributed by atoms with van der Waals surface area (Å²) in [6.07, 6.45) is 5.77. The van der Waals surface area contributed by atoms with E-state index in [-0.39, 0.29) is 5.91 Å². The highest BCUT2D eigenvalue weighted by Crippen LogP contribution is 2.46. The van der Waals surface area contributed by atoms with E-state index < -0.39 is 0 Å². The normalized spacial score (nSPS) is 27.1. The molecule has 3 unspecified atom stereocenters. The number of hydrogen-bond donors (Lipinski definition) is 1. The van der Waals surface area contributed by atoms with Crippen LogP contribution in [0.25, 0.3) is 0 Å². The van der Waals surface area contributed by atoms with Crippen molar-refractivity contribution in [3.63, 3.8) is 0 Å². The van der Waals surface area contributed by atoms with Gasteiger partial charge in [0, 0.05) is 37.9 Å². The van der Waals surface area contributed by atoms with Crippen molar-refractivity contribution in [2.24, 2.45) is 11.8 Å². The van der Waals surface area contributed by atoms with Crippen LogP contribution < -0.4 is 10.2 Å². The highest BCUT2D eigenvalue weighted by atomic mass is 16.1. The number of aromatic nitrogens is 2. The lowest BCUT2D eigenvalue weighted by Crippen LogP contribution is -2.52. The van der Waals surface area contributed by atoms with E-state index in [2.05, 4.69) is 25.3 Å². The van der Waals surface area contributed by atoms with Gasteiger partial charge in [-0.05, 0) is 55.4 Å². The molecule has 3 fully saturated rings. The molecule has 2 aliphatic carbocycles. The van der Waals surface area contributed by atoms with Crippen LogP contribution in [0.5, 0.6) is 0 Å². The highest BCUT2D eigenvalue weighted by molar-refractivity contribution is 6.02. The van der Waals surface area contributed by atoms with Crippen LogP contribution in [-0.2, 0) is 0 Å². The van der Waals surface area contributed by atoms with E-state index in [0.29, 0.717) is 5.69 Å². The number of carbonyl (C=O) groups is 1. The smallest absolute Gasteiger partial charge is 0.276 e. The Morgan fingerprint density at radius 2 is 1.75 bits per heavy atom. The Balaban J connectivity index is 1.17. The lowest BCUT2D eigenvalue weighted by molar-refractivity contribution is 0.102. The molecule has 28 heavy (non-hydrogen) atoms. The standard InChI is InChI=1S/C22H27N5O/c28-22(23-18-4-2-1-3-5-18)19-8-9-21(25-24-19)27-12-10-26(11-13-27)20-15-16-6-7-17(20)14-16/h1-5,8-9,16-17,20H,6-7,10-15H2,(H,23,28). The minimum atomic E-state index is -0.230. The number of piperazine rings is 1. The second-order valence-electron chi connectivity index (χ2n) is 8.36. The van der Waals surface area contributed by atoms with Crippen LogP contribution in [0.15, 0.2) is 42.5 Å². The van der Waals surface area contributed by atoms with Gasteiger partial charge < -0.3 is 10.2 Å². The summed E-state index contributed by atoms with van der Waals surface area (Å²) < 4.78 is 0. The molecule has 1 aromatic heterocycles. The quantitative estimate of drug-likeness (QED) is 0.887. The molecule has 1 N–H and O–H groups in total. The number of carbonyl (C=O) groups excluding carboxylic acids is 1. The molecule has 1 aromatic carbocycles. The lowest BCUT2D eigenvalue weighted by Gasteiger charge is -2.41. The number of para-hydroxylation sites is 1. The Kier molecular flexibility index (Phi) is 4.72. The number of anilines is 2. The summed E-state index contributed by atoms with van der Waals surface area (Å²) in [5.41, 5.74) is 1.10. The third kappa shape index (κ3) is 3.49. The SMILES string of the molecule is O=C(Nc1ccccc1)c1ccc(N2CCN(C3CC4CCC3C4)CC2)nn1. The number of fused-ring (bicyclic) bond motifs is 2. The van der Waals surface area contributed by atoms with Gasteiger partial charge in [0.1, 0.15) is 0 Å². The molecule has 3 aliphatic rings. The average molecular weight is 377 g/mol. The molecular formula is C22H27N5O. The maximum atomic E-state index is 12.3. The fourth-order valence-electron chi connectivity index (χ4n) is 5.27. The van der Waals surface area contributed by atoms with Gasteiger partial charge in [0.25, 0.3) is 5.91 Å². The maximum absolute atomic E-state index is 12.3. The molecule has 2 heterocycles. The third-order valence-electron chi connectivity index (χ3n) is 6.72. The molecule has 146 valence electrons. The summed E-state index contributed by atoms with van der Waals surface area (Å²) in [5.74, 6) is 2.57. The Labute approximate surface area is 165 Å². The topological polar surface area (TPSA) is 61.4 Å². The molecule has 6 nitrogen and oxygen atoms in total. The van der Waals surface area contributed by atoms with Crippen LogP contribution in [-0.4, -0.2) is 53.2 Å². The zero-order chi connectivity index (χ0) is 18.9. The second-order valence-corrected chi connectivity index (χ2v) is 8.36. The first-order chi connectivity index (χ1) is 13.8. The fourth-order valence-corrected chi connectivity index (χ4v) is 5.27. The van der Waals surface area contributed by atoms with E-state index in [1.165, 1.54) is 25.7 Å². The van der Waals surface area contributed by atoms with Gasteiger partial charge in [-0.2, -0.15) is 0 Å². The Bertz CT molecular complexity index is 817. The van der Waals surface area contributed by atoms with Gasteiger partial charge in [-0.1, -0.05) is 24.6 Å². The molecule has 0 spiro atoms. The minimum Gasteiger partial charge on any atom is -0.353 e. The number of nitrogens with one attached hydrogen (secondary N) is 1. The summed E-state index contributed by atoms with van der Waals surface area (Å²) in [4.78, 5) is 17.3. The molecule has 1 aliphatic heterocycles. The summed E-state index contributed by atoms with van der Waals surface area (Å²) in [6, 6.07) is 13.9. The number of nitrogens with zero attached hydrogens (tertiary/aromatic N) is 4. The lowest BCUT2D eigenvalue weighted by atomic mass is 9.93. The zero-order valence-corrected chi connectivity index (χ0v) is 16.1. The number of rotatable bonds is 4. The number of benzene rings is 1.